The van der Waals surface area contributed by atoms with E-state index in [0.29, 0.717) is 25.1 Å². The molecule has 0 atom stereocenters. The van der Waals surface area contributed by atoms with Crippen molar-refractivity contribution in [2.24, 2.45) is 0 Å². The summed E-state index contributed by atoms with van der Waals surface area (Å²) < 4.78 is 16.8. The highest BCUT2D eigenvalue weighted by Gasteiger charge is 2.05. The molecule has 0 aromatic heterocycles. The van der Waals surface area contributed by atoms with Crippen molar-refractivity contribution in [1.82, 2.24) is 0 Å². The van der Waals surface area contributed by atoms with Gasteiger partial charge in [0.25, 0.3) is 6.47 Å². The Bertz CT molecular complexity index is 194. The van der Waals surface area contributed by atoms with Gasteiger partial charge in [0.1, 0.15) is 11.6 Å². The molecule has 0 fully saturated rings. The monoisotopic (exact) mass is 142 g/mol. The van der Waals surface area contributed by atoms with Crippen LogP contribution in [-0.4, -0.2) is 6.47 Å². The van der Waals surface area contributed by atoms with Gasteiger partial charge in [-0.05, 0) is 12.2 Å². The molecule has 10 heavy (non-hydrogen) atoms. The number of hydrogen-bond acceptors (Lipinski definition) is 2. The largest absolute Gasteiger partial charge is 0.433 e. The summed E-state index contributed by atoms with van der Waals surface area (Å²) in [6.07, 6.45) is 3.58. The first-order valence-electron chi connectivity index (χ1n) is 2.98. The SMILES string of the molecule is O=COC1=CC=C(F)CC1. The van der Waals surface area contributed by atoms with Gasteiger partial charge in [-0.3, -0.25) is 4.79 Å². The molecule has 0 aromatic rings. The molecule has 0 spiro atoms. The van der Waals surface area contributed by atoms with Gasteiger partial charge < -0.3 is 4.74 Å². The van der Waals surface area contributed by atoms with Crippen LogP contribution in [-0.2, 0) is 9.53 Å². The normalized spacial score (nSPS) is 17.3. The zero-order chi connectivity index (χ0) is 7.40. The molecule has 0 radical (unpaired) electrons. The van der Waals surface area contributed by atoms with Crippen LogP contribution in [0, 0.1) is 0 Å². The first kappa shape index (κ1) is 6.99. The predicted molar refractivity (Wildman–Crippen MR) is 33.7 cm³/mol. The molecule has 0 N–H and O–H groups in total. The first-order valence-corrected chi connectivity index (χ1v) is 2.98. The van der Waals surface area contributed by atoms with Crippen LogP contribution in [0.5, 0.6) is 0 Å². The van der Waals surface area contributed by atoms with Crippen LogP contribution < -0.4 is 0 Å². The summed E-state index contributed by atoms with van der Waals surface area (Å²) in [6.45, 7) is 0.350. The maximum atomic E-state index is 12.3. The maximum Gasteiger partial charge on any atom is 0.298 e. The zero-order valence-corrected chi connectivity index (χ0v) is 5.34. The topological polar surface area (TPSA) is 26.3 Å². The lowest BCUT2D eigenvalue weighted by molar-refractivity contribution is -0.125. The Balaban J connectivity index is 2.55. The average molecular weight is 142 g/mol. The summed E-state index contributed by atoms with van der Waals surface area (Å²) in [5.41, 5.74) is 0. The minimum absolute atomic E-state index is 0.168. The second kappa shape index (κ2) is 3.15. The number of carbonyl (C=O) groups is 1. The maximum absolute atomic E-state index is 12.3. The number of carbonyl (C=O) groups excluding carboxylic acids is 1. The lowest BCUT2D eigenvalue weighted by atomic mass is 10.1. The molecule has 3 heteroatoms. The van der Waals surface area contributed by atoms with Crippen molar-refractivity contribution in [2.75, 3.05) is 0 Å². The van der Waals surface area contributed by atoms with E-state index >= 15 is 0 Å². The summed E-state index contributed by atoms with van der Waals surface area (Å²) in [6, 6.07) is 0. The zero-order valence-electron chi connectivity index (χ0n) is 5.34. The van der Waals surface area contributed by atoms with Crippen LogP contribution in [0.1, 0.15) is 12.8 Å². The molecular formula is C7H7FO2. The average Bonchev–Trinajstić information content (AvgIpc) is 1.95. The molecule has 0 unspecified atom stereocenters. The van der Waals surface area contributed by atoms with Gasteiger partial charge in [0, 0.05) is 12.8 Å². The highest BCUT2D eigenvalue weighted by atomic mass is 19.1. The van der Waals surface area contributed by atoms with Crippen molar-refractivity contribution < 1.29 is 13.9 Å². The van der Waals surface area contributed by atoms with E-state index in [2.05, 4.69) is 4.74 Å². The molecule has 0 aromatic carbocycles. The van der Waals surface area contributed by atoms with E-state index in [9.17, 15) is 9.18 Å². The van der Waals surface area contributed by atoms with Gasteiger partial charge in [0.05, 0.1) is 0 Å². The standard InChI is InChI=1S/C7H7FO2/c8-6-1-3-7(4-2-6)10-5-9/h1,3,5H,2,4H2. The smallest absolute Gasteiger partial charge is 0.298 e. The molecule has 54 valence electrons. The fraction of sp³-hybridized carbons (Fsp3) is 0.286. The molecule has 0 saturated carbocycles. The third kappa shape index (κ3) is 1.69. The Morgan fingerprint density at radius 1 is 1.50 bits per heavy atom. The van der Waals surface area contributed by atoms with Crippen molar-refractivity contribution in [3.05, 3.63) is 23.7 Å². The van der Waals surface area contributed by atoms with Gasteiger partial charge in [-0.2, -0.15) is 0 Å². The van der Waals surface area contributed by atoms with E-state index in [1.807, 2.05) is 0 Å². The Hall–Kier alpha value is -1.12. The van der Waals surface area contributed by atoms with Crippen LogP contribution in [0.3, 0.4) is 0 Å². The van der Waals surface area contributed by atoms with Gasteiger partial charge in [-0.25, -0.2) is 4.39 Å². The van der Waals surface area contributed by atoms with Gasteiger partial charge in [-0.15, -0.1) is 0 Å². The number of halogens is 1. The van der Waals surface area contributed by atoms with Crippen LogP contribution in [0.25, 0.3) is 0 Å². The highest BCUT2D eigenvalue weighted by molar-refractivity contribution is 5.40. The fourth-order valence-electron chi connectivity index (χ4n) is 0.753. The quantitative estimate of drug-likeness (QED) is 0.548. The summed E-state index contributed by atoms with van der Waals surface area (Å²) in [4.78, 5) is 9.78. The van der Waals surface area contributed by atoms with E-state index < -0.39 is 0 Å². The van der Waals surface area contributed by atoms with E-state index in [-0.39, 0.29) is 5.83 Å². The summed E-state index contributed by atoms with van der Waals surface area (Å²) in [7, 11) is 0. The van der Waals surface area contributed by atoms with E-state index in [1.54, 1.807) is 0 Å². The molecule has 1 aliphatic carbocycles. The number of rotatable bonds is 2. The molecule has 0 aliphatic heterocycles. The molecule has 1 aliphatic rings. The minimum Gasteiger partial charge on any atom is -0.433 e. The molecule has 0 amide bonds. The number of ether oxygens (including phenoxy) is 1. The second-order valence-electron chi connectivity index (χ2n) is 1.96. The van der Waals surface area contributed by atoms with E-state index in [0.717, 1.165) is 0 Å². The molecule has 2 nitrogen and oxygen atoms in total. The van der Waals surface area contributed by atoms with Crippen LogP contribution in [0.2, 0.25) is 0 Å². The molecule has 0 heterocycles. The van der Waals surface area contributed by atoms with E-state index in [4.69, 9.17) is 0 Å². The predicted octanol–water partition coefficient (Wildman–Crippen LogP) is 1.69. The minimum atomic E-state index is -0.168. The van der Waals surface area contributed by atoms with Crippen molar-refractivity contribution >= 4 is 6.47 Å². The molecule has 0 bridgehead atoms. The Kier molecular flexibility index (Phi) is 2.20. The van der Waals surface area contributed by atoms with Crippen molar-refractivity contribution in [3.63, 3.8) is 0 Å². The lowest BCUT2D eigenvalue weighted by Crippen LogP contribution is -1.93. The Morgan fingerprint density at radius 3 is 2.80 bits per heavy atom. The first-order chi connectivity index (χ1) is 4.83. The second-order valence-corrected chi connectivity index (χ2v) is 1.96. The Morgan fingerprint density at radius 2 is 2.30 bits per heavy atom. The molecular weight excluding hydrogens is 135 g/mol. The molecule has 1 rings (SSSR count). The fourth-order valence-corrected chi connectivity index (χ4v) is 0.753. The van der Waals surface area contributed by atoms with Crippen molar-refractivity contribution in [1.29, 1.82) is 0 Å². The van der Waals surface area contributed by atoms with Crippen LogP contribution >= 0.6 is 0 Å². The van der Waals surface area contributed by atoms with Crippen molar-refractivity contribution in [2.45, 2.75) is 12.8 Å². The van der Waals surface area contributed by atoms with Crippen LogP contribution in [0.15, 0.2) is 23.7 Å². The third-order valence-corrected chi connectivity index (χ3v) is 1.26. The summed E-state index contributed by atoms with van der Waals surface area (Å²) in [5.74, 6) is 0.356. The number of hydrogen-bond donors (Lipinski definition) is 0. The summed E-state index contributed by atoms with van der Waals surface area (Å²) in [5, 5.41) is 0. The van der Waals surface area contributed by atoms with E-state index in [1.165, 1.54) is 12.2 Å². The van der Waals surface area contributed by atoms with Gasteiger partial charge >= 0.3 is 0 Å². The van der Waals surface area contributed by atoms with Crippen LogP contribution in [0.4, 0.5) is 4.39 Å². The van der Waals surface area contributed by atoms with Gasteiger partial charge in [0.2, 0.25) is 0 Å². The number of allylic oxidation sites excluding steroid dienone is 4. The Labute approximate surface area is 58.0 Å². The highest BCUT2D eigenvalue weighted by Crippen LogP contribution is 2.18. The third-order valence-electron chi connectivity index (χ3n) is 1.26. The lowest BCUT2D eigenvalue weighted by Gasteiger charge is -2.05. The van der Waals surface area contributed by atoms with Crippen molar-refractivity contribution in [3.8, 4) is 0 Å². The molecule has 0 saturated heterocycles. The van der Waals surface area contributed by atoms with Gasteiger partial charge in [-0.1, -0.05) is 0 Å². The summed E-state index contributed by atoms with van der Waals surface area (Å²) >= 11 is 0. The van der Waals surface area contributed by atoms with Gasteiger partial charge in [0.15, 0.2) is 0 Å².